The number of sulfonamides is 1. The second-order valence-corrected chi connectivity index (χ2v) is 7.00. The normalized spacial score (nSPS) is 22.2. The molecule has 0 radical (unpaired) electrons. The van der Waals surface area contributed by atoms with Gasteiger partial charge in [-0.1, -0.05) is 0 Å². The Labute approximate surface area is 108 Å². The van der Waals surface area contributed by atoms with E-state index in [-0.39, 0.29) is 5.91 Å². The Bertz CT molecular complexity index is 398. The van der Waals surface area contributed by atoms with E-state index in [9.17, 15) is 13.2 Å². The number of carbonyl (C=O) groups is 1. The molecule has 2 rings (SSSR count). The van der Waals surface area contributed by atoms with Gasteiger partial charge in [0.05, 0.1) is 6.26 Å². The molecule has 1 saturated heterocycles. The van der Waals surface area contributed by atoms with Crippen LogP contribution >= 0.6 is 0 Å². The quantitative estimate of drug-likeness (QED) is 0.715. The predicted molar refractivity (Wildman–Crippen MR) is 68.6 cm³/mol. The van der Waals surface area contributed by atoms with Crippen molar-refractivity contribution in [3.63, 3.8) is 0 Å². The van der Waals surface area contributed by atoms with Gasteiger partial charge >= 0.3 is 0 Å². The summed E-state index contributed by atoms with van der Waals surface area (Å²) < 4.78 is 24.1. The Morgan fingerprint density at radius 2 is 1.83 bits per heavy atom. The van der Waals surface area contributed by atoms with E-state index in [1.165, 1.54) is 23.4 Å². The number of amides is 1. The van der Waals surface area contributed by atoms with E-state index in [1.54, 1.807) is 4.90 Å². The van der Waals surface area contributed by atoms with Crippen molar-refractivity contribution in [1.82, 2.24) is 14.5 Å². The van der Waals surface area contributed by atoms with E-state index < -0.39 is 10.0 Å². The van der Waals surface area contributed by atoms with Crippen LogP contribution in [0.2, 0.25) is 0 Å². The molecule has 1 aliphatic heterocycles. The van der Waals surface area contributed by atoms with Crippen LogP contribution in [0.25, 0.3) is 0 Å². The zero-order chi connectivity index (χ0) is 13.2. The molecule has 2 fully saturated rings. The van der Waals surface area contributed by atoms with Crippen LogP contribution in [0.15, 0.2) is 0 Å². The first kappa shape index (κ1) is 13.8. The molecule has 0 bridgehead atoms. The van der Waals surface area contributed by atoms with Gasteiger partial charge in [-0.2, -0.15) is 4.31 Å². The lowest BCUT2D eigenvalue weighted by Gasteiger charge is -2.33. The van der Waals surface area contributed by atoms with E-state index in [4.69, 9.17) is 0 Å². The Morgan fingerprint density at radius 1 is 1.22 bits per heavy atom. The summed E-state index contributed by atoms with van der Waals surface area (Å²) in [7, 11) is -3.11. The molecule has 2 aliphatic rings. The maximum absolute atomic E-state index is 11.9. The van der Waals surface area contributed by atoms with Gasteiger partial charge in [0.15, 0.2) is 0 Å². The van der Waals surface area contributed by atoms with Crippen molar-refractivity contribution in [3.05, 3.63) is 0 Å². The highest BCUT2D eigenvalue weighted by atomic mass is 32.2. The second kappa shape index (κ2) is 5.54. The van der Waals surface area contributed by atoms with Crippen molar-refractivity contribution in [2.24, 2.45) is 0 Å². The van der Waals surface area contributed by atoms with E-state index in [0.29, 0.717) is 38.6 Å². The molecule has 0 aromatic rings. The highest BCUT2D eigenvalue weighted by Gasteiger charge is 2.26. The van der Waals surface area contributed by atoms with E-state index >= 15 is 0 Å². The van der Waals surface area contributed by atoms with E-state index in [0.717, 1.165) is 6.54 Å². The zero-order valence-corrected chi connectivity index (χ0v) is 11.6. The molecule has 18 heavy (non-hydrogen) atoms. The summed E-state index contributed by atoms with van der Waals surface area (Å²) >= 11 is 0. The molecule has 0 aromatic heterocycles. The molecule has 6 nitrogen and oxygen atoms in total. The van der Waals surface area contributed by atoms with E-state index in [1.807, 2.05) is 0 Å². The minimum absolute atomic E-state index is 0.122. The molecule has 104 valence electrons. The highest BCUT2D eigenvalue weighted by molar-refractivity contribution is 7.88. The molecule has 7 heteroatoms. The number of piperazine rings is 1. The van der Waals surface area contributed by atoms with Crippen molar-refractivity contribution in [3.8, 4) is 0 Å². The second-order valence-electron chi connectivity index (χ2n) is 5.02. The zero-order valence-electron chi connectivity index (χ0n) is 10.8. The van der Waals surface area contributed by atoms with Gasteiger partial charge in [0.2, 0.25) is 15.9 Å². The lowest BCUT2D eigenvalue weighted by molar-refractivity contribution is -0.132. The van der Waals surface area contributed by atoms with Crippen LogP contribution in [0.3, 0.4) is 0 Å². The van der Waals surface area contributed by atoms with Crippen molar-refractivity contribution in [1.29, 1.82) is 0 Å². The lowest BCUT2D eigenvalue weighted by Crippen LogP contribution is -2.50. The van der Waals surface area contributed by atoms with Gasteiger partial charge in [-0.05, 0) is 12.8 Å². The first-order chi connectivity index (χ1) is 8.47. The third kappa shape index (κ3) is 3.93. The first-order valence-electron chi connectivity index (χ1n) is 6.43. The largest absolute Gasteiger partial charge is 0.340 e. The van der Waals surface area contributed by atoms with E-state index in [2.05, 4.69) is 5.32 Å². The Hall–Kier alpha value is -0.660. The topological polar surface area (TPSA) is 69.7 Å². The number of nitrogens with zero attached hydrogens (tertiary/aromatic N) is 2. The fourth-order valence-electron chi connectivity index (χ4n) is 2.10. The van der Waals surface area contributed by atoms with Gasteiger partial charge in [0.1, 0.15) is 0 Å². The smallest absolute Gasteiger partial charge is 0.223 e. The van der Waals surface area contributed by atoms with Crippen molar-refractivity contribution < 1.29 is 13.2 Å². The van der Waals surface area contributed by atoms with Gasteiger partial charge in [0.25, 0.3) is 0 Å². The van der Waals surface area contributed by atoms with Crippen molar-refractivity contribution >= 4 is 15.9 Å². The molecule has 1 saturated carbocycles. The SMILES string of the molecule is CS(=O)(=O)N1CCN(C(=O)CCNC2CC2)CC1. The average molecular weight is 275 g/mol. The number of nitrogens with one attached hydrogen (secondary N) is 1. The fraction of sp³-hybridized carbons (Fsp3) is 0.909. The summed E-state index contributed by atoms with van der Waals surface area (Å²) in [6, 6.07) is 0.625. The number of rotatable bonds is 5. The van der Waals surface area contributed by atoms with Crippen molar-refractivity contribution in [2.75, 3.05) is 39.0 Å². The summed E-state index contributed by atoms with van der Waals surface area (Å²) in [4.78, 5) is 13.6. The van der Waals surface area contributed by atoms with Gasteiger partial charge in [-0.25, -0.2) is 8.42 Å². The maximum atomic E-state index is 11.9. The first-order valence-corrected chi connectivity index (χ1v) is 8.28. The maximum Gasteiger partial charge on any atom is 0.223 e. The molecule has 1 aliphatic carbocycles. The monoisotopic (exact) mass is 275 g/mol. The summed E-state index contributed by atoms with van der Waals surface area (Å²) in [6.45, 7) is 2.59. The van der Waals surface area contributed by atoms with Gasteiger partial charge in [0, 0.05) is 45.2 Å². The lowest BCUT2D eigenvalue weighted by atomic mass is 10.3. The molecule has 0 atom stereocenters. The summed E-state index contributed by atoms with van der Waals surface area (Å²) in [5, 5.41) is 3.31. The van der Waals surface area contributed by atoms with Crippen molar-refractivity contribution in [2.45, 2.75) is 25.3 Å². The van der Waals surface area contributed by atoms with Gasteiger partial charge < -0.3 is 10.2 Å². The molecular weight excluding hydrogens is 254 g/mol. The predicted octanol–water partition coefficient (Wildman–Crippen LogP) is -0.768. The minimum atomic E-state index is -3.11. The van der Waals surface area contributed by atoms with Crippen LogP contribution < -0.4 is 5.32 Å². The highest BCUT2D eigenvalue weighted by Crippen LogP contribution is 2.18. The molecule has 0 unspecified atom stereocenters. The third-order valence-electron chi connectivity index (χ3n) is 3.41. The molecule has 1 heterocycles. The minimum Gasteiger partial charge on any atom is -0.340 e. The number of carbonyl (C=O) groups excluding carboxylic acids is 1. The number of hydrogen-bond acceptors (Lipinski definition) is 4. The molecule has 0 aromatic carbocycles. The van der Waals surface area contributed by atoms with Crippen LogP contribution in [-0.4, -0.2) is 68.6 Å². The Morgan fingerprint density at radius 3 is 2.33 bits per heavy atom. The standard InChI is InChI=1S/C11H21N3O3S/c1-18(16,17)14-8-6-13(7-9-14)11(15)4-5-12-10-2-3-10/h10,12H,2-9H2,1H3. The summed E-state index contributed by atoms with van der Waals surface area (Å²) in [6.07, 6.45) is 4.17. The molecule has 0 spiro atoms. The molecule has 1 N–H and O–H groups in total. The Balaban J connectivity index is 1.69. The van der Waals surface area contributed by atoms with Crippen LogP contribution in [-0.2, 0) is 14.8 Å². The third-order valence-corrected chi connectivity index (χ3v) is 4.71. The summed E-state index contributed by atoms with van der Waals surface area (Å²) in [5.74, 6) is 0.122. The summed E-state index contributed by atoms with van der Waals surface area (Å²) in [5.41, 5.74) is 0. The van der Waals surface area contributed by atoms with Gasteiger partial charge in [-0.15, -0.1) is 0 Å². The van der Waals surface area contributed by atoms with Crippen LogP contribution in [0.4, 0.5) is 0 Å². The number of hydrogen-bond donors (Lipinski definition) is 1. The fourth-order valence-corrected chi connectivity index (χ4v) is 2.92. The van der Waals surface area contributed by atoms with Crippen LogP contribution in [0.1, 0.15) is 19.3 Å². The van der Waals surface area contributed by atoms with Gasteiger partial charge in [-0.3, -0.25) is 4.79 Å². The van der Waals surface area contributed by atoms with Crippen LogP contribution in [0.5, 0.6) is 0 Å². The van der Waals surface area contributed by atoms with Crippen LogP contribution in [0, 0.1) is 0 Å². The molecular formula is C11H21N3O3S. The average Bonchev–Trinajstić information content (AvgIpc) is 3.12. The molecule has 1 amide bonds. The Kier molecular flexibility index (Phi) is 4.24.